The molecule has 4 aromatic rings. The average molecular weight is 484 g/mol. The number of hydrogen-bond acceptors (Lipinski definition) is 6. The molecule has 0 aliphatic carbocycles. The van der Waals surface area contributed by atoms with Crippen LogP contribution in [-0.4, -0.2) is 39.4 Å². The first-order valence-electron chi connectivity index (χ1n) is 10.8. The number of H-pyrrole nitrogens is 1. The summed E-state index contributed by atoms with van der Waals surface area (Å²) in [5.74, 6) is 1.34. The van der Waals surface area contributed by atoms with E-state index in [1.165, 1.54) is 0 Å². The van der Waals surface area contributed by atoms with Crippen LogP contribution < -0.4 is 14.4 Å². The monoisotopic (exact) mass is 483 g/mol. The molecule has 0 unspecified atom stereocenters. The van der Waals surface area contributed by atoms with Gasteiger partial charge in [-0.05, 0) is 45.0 Å². The Morgan fingerprint density at radius 2 is 1.88 bits per heavy atom. The van der Waals surface area contributed by atoms with Crippen molar-refractivity contribution < 1.29 is 9.47 Å². The number of pyridine rings is 2. The van der Waals surface area contributed by atoms with Crippen LogP contribution in [0.5, 0.6) is 11.6 Å². The number of nitrogens with zero attached hydrogens (tertiary/aromatic N) is 4. The fourth-order valence-electron chi connectivity index (χ4n) is 4.14. The number of halogens is 2. The SMILES string of the molecule is CC(C)N1CCOc2ncc(-c3n[nH]c4ccc(O[C@H](C)c5c(Cl)cncc5Cl)cc34)cc21. The van der Waals surface area contributed by atoms with Gasteiger partial charge in [0.05, 0.1) is 22.1 Å². The van der Waals surface area contributed by atoms with Gasteiger partial charge in [0, 0.05) is 41.1 Å². The van der Waals surface area contributed by atoms with Gasteiger partial charge in [0.25, 0.3) is 0 Å². The van der Waals surface area contributed by atoms with Crippen molar-refractivity contribution in [3.63, 3.8) is 0 Å². The molecular formula is C24H23Cl2N5O2. The lowest BCUT2D eigenvalue weighted by atomic mass is 10.1. The third kappa shape index (κ3) is 4.07. The lowest BCUT2D eigenvalue weighted by Gasteiger charge is -2.33. The first-order chi connectivity index (χ1) is 15.9. The molecule has 1 N–H and O–H groups in total. The number of aromatic amines is 1. The van der Waals surface area contributed by atoms with Crippen LogP contribution in [0.1, 0.15) is 32.4 Å². The summed E-state index contributed by atoms with van der Waals surface area (Å²) >= 11 is 12.6. The van der Waals surface area contributed by atoms with E-state index in [-0.39, 0.29) is 6.10 Å². The van der Waals surface area contributed by atoms with Crippen LogP contribution in [0.4, 0.5) is 5.69 Å². The Morgan fingerprint density at radius 3 is 2.64 bits per heavy atom. The van der Waals surface area contributed by atoms with Crippen molar-refractivity contribution >= 4 is 39.8 Å². The highest BCUT2D eigenvalue weighted by atomic mass is 35.5. The number of aromatic nitrogens is 4. The lowest BCUT2D eigenvalue weighted by Crippen LogP contribution is -2.38. The highest BCUT2D eigenvalue weighted by molar-refractivity contribution is 6.35. The molecule has 0 fully saturated rings. The van der Waals surface area contributed by atoms with E-state index >= 15 is 0 Å². The molecule has 1 aliphatic heterocycles. The van der Waals surface area contributed by atoms with Gasteiger partial charge < -0.3 is 14.4 Å². The van der Waals surface area contributed by atoms with Gasteiger partial charge in [0.1, 0.15) is 29.8 Å². The fourth-order valence-corrected chi connectivity index (χ4v) is 4.82. The number of rotatable bonds is 5. The Morgan fingerprint density at radius 1 is 1.09 bits per heavy atom. The number of ether oxygens (including phenoxy) is 2. The van der Waals surface area contributed by atoms with Crippen molar-refractivity contribution in [3.8, 4) is 22.9 Å². The Hall–Kier alpha value is -3.03. The normalized spacial score (nSPS) is 14.3. The summed E-state index contributed by atoms with van der Waals surface area (Å²) in [4.78, 5) is 10.9. The first kappa shape index (κ1) is 21.8. The highest BCUT2D eigenvalue weighted by Crippen LogP contribution is 2.38. The Kier molecular flexibility index (Phi) is 5.76. The maximum Gasteiger partial charge on any atom is 0.237 e. The smallest absolute Gasteiger partial charge is 0.237 e. The third-order valence-corrected chi connectivity index (χ3v) is 6.36. The van der Waals surface area contributed by atoms with Crippen molar-refractivity contribution in [2.24, 2.45) is 0 Å². The van der Waals surface area contributed by atoms with Crippen molar-refractivity contribution in [2.45, 2.75) is 32.9 Å². The molecule has 33 heavy (non-hydrogen) atoms. The summed E-state index contributed by atoms with van der Waals surface area (Å²) < 4.78 is 11.9. The molecule has 4 heterocycles. The summed E-state index contributed by atoms with van der Waals surface area (Å²) in [6.45, 7) is 7.69. The van der Waals surface area contributed by atoms with Crippen LogP contribution in [-0.2, 0) is 0 Å². The number of nitrogens with one attached hydrogen (secondary N) is 1. The van der Waals surface area contributed by atoms with Crippen LogP contribution in [0, 0.1) is 0 Å². The summed E-state index contributed by atoms with van der Waals surface area (Å²) in [6, 6.07) is 8.23. The van der Waals surface area contributed by atoms with Gasteiger partial charge in [-0.3, -0.25) is 10.1 Å². The topological polar surface area (TPSA) is 76.2 Å². The van der Waals surface area contributed by atoms with E-state index in [0.717, 1.165) is 34.4 Å². The highest BCUT2D eigenvalue weighted by Gasteiger charge is 2.23. The van der Waals surface area contributed by atoms with Gasteiger partial charge in [-0.25, -0.2) is 4.98 Å². The quantitative estimate of drug-likeness (QED) is 0.370. The molecule has 7 nitrogen and oxygen atoms in total. The van der Waals surface area contributed by atoms with E-state index in [1.807, 2.05) is 25.1 Å². The van der Waals surface area contributed by atoms with Gasteiger partial charge in [-0.15, -0.1) is 0 Å². The predicted molar refractivity (Wildman–Crippen MR) is 131 cm³/mol. The fraction of sp³-hybridized carbons (Fsp3) is 0.292. The zero-order valence-electron chi connectivity index (χ0n) is 18.5. The van der Waals surface area contributed by atoms with Crippen LogP contribution in [0.3, 0.4) is 0 Å². The molecule has 1 atom stereocenters. The van der Waals surface area contributed by atoms with Gasteiger partial charge in [-0.2, -0.15) is 5.10 Å². The minimum absolute atomic E-state index is 0.342. The Labute approximate surface area is 201 Å². The molecule has 0 bridgehead atoms. The molecule has 0 amide bonds. The number of anilines is 1. The van der Waals surface area contributed by atoms with Crippen LogP contribution in [0.2, 0.25) is 10.0 Å². The Bertz CT molecular complexity index is 1300. The van der Waals surface area contributed by atoms with E-state index in [2.05, 4.69) is 45.0 Å². The second-order valence-electron chi connectivity index (χ2n) is 8.24. The number of benzene rings is 1. The summed E-state index contributed by atoms with van der Waals surface area (Å²) in [7, 11) is 0. The van der Waals surface area contributed by atoms with Crippen molar-refractivity contribution in [3.05, 3.63) is 58.5 Å². The predicted octanol–water partition coefficient (Wildman–Crippen LogP) is 6.07. The standard InChI is InChI=1S/C24H23Cl2N5O2/c1-13(2)31-6-7-32-24-21(31)8-15(10-28-24)23-17-9-16(4-5-20(17)29-30-23)33-14(3)22-18(25)11-27-12-19(22)26/h4-5,8-14H,6-7H2,1-3H3,(H,29,30)/t14-/m1/s1. The largest absolute Gasteiger partial charge is 0.486 e. The molecule has 0 radical (unpaired) electrons. The number of hydrogen-bond donors (Lipinski definition) is 1. The minimum Gasteiger partial charge on any atom is -0.486 e. The maximum absolute atomic E-state index is 6.30. The third-order valence-electron chi connectivity index (χ3n) is 5.75. The summed E-state index contributed by atoms with van der Waals surface area (Å²) in [6.07, 6.45) is 4.56. The lowest BCUT2D eigenvalue weighted by molar-refractivity contribution is 0.227. The molecule has 0 saturated carbocycles. The van der Waals surface area contributed by atoms with Crippen LogP contribution >= 0.6 is 23.2 Å². The molecule has 5 rings (SSSR count). The second kappa shape index (κ2) is 8.72. The molecule has 1 aliphatic rings. The molecule has 0 saturated heterocycles. The number of fused-ring (bicyclic) bond motifs is 2. The van der Waals surface area contributed by atoms with E-state index in [9.17, 15) is 0 Å². The molecule has 0 spiro atoms. The average Bonchev–Trinajstić information content (AvgIpc) is 3.21. The molecule has 9 heteroatoms. The molecular weight excluding hydrogens is 461 g/mol. The van der Waals surface area contributed by atoms with E-state index in [4.69, 9.17) is 32.7 Å². The summed E-state index contributed by atoms with van der Waals surface area (Å²) in [5.41, 5.74) is 4.29. The van der Waals surface area contributed by atoms with Gasteiger partial charge in [0.2, 0.25) is 5.88 Å². The van der Waals surface area contributed by atoms with Gasteiger partial charge in [0.15, 0.2) is 0 Å². The molecule has 170 valence electrons. The van der Waals surface area contributed by atoms with E-state index < -0.39 is 0 Å². The van der Waals surface area contributed by atoms with E-state index in [0.29, 0.717) is 39.9 Å². The summed E-state index contributed by atoms with van der Waals surface area (Å²) in [5, 5.41) is 9.53. The minimum atomic E-state index is -0.358. The van der Waals surface area contributed by atoms with Crippen LogP contribution in [0.15, 0.2) is 42.9 Å². The Balaban J connectivity index is 1.50. The van der Waals surface area contributed by atoms with E-state index in [1.54, 1.807) is 18.6 Å². The van der Waals surface area contributed by atoms with Gasteiger partial charge >= 0.3 is 0 Å². The maximum atomic E-state index is 6.30. The van der Waals surface area contributed by atoms with Gasteiger partial charge in [-0.1, -0.05) is 23.2 Å². The van der Waals surface area contributed by atoms with Crippen molar-refractivity contribution in [1.82, 2.24) is 20.2 Å². The molecule has 1 aromatic carbocycles. The van der Waals surface area contributed by atoms with Crippen molar-refractivity contribution in [2.75, 3.05) is 18.1 Å². The first-order valence-corrected chi connectivity index (χ1v) is 11.5. The molecule has 3 aromatic heterocycles. The van der Waals surface area contributed by atoms with Crippen molar-refractivity contribution in [1.29, 1.82) is 0 Å². The zero-order valence-corrected chi connectivity index (χ0v) is 20.0. The van der Waals surface area contributed by atoms with Crippen LogP contribution in [0.25, 0.3) is 22.2 Å². The zero-order chi connectivity index (χ0) is 23.1. The second-order valence-corrected chi connectivity index (χ2v) is 9.05.